The lowest BCUT2D eigenvalue weighted by atomic mass is 9.95. The molecule has 0 saturated heterocycles. The predicted octanol–water partition coefficient (Wildman–Crippen LogP) is 2.81. The van der Waals surface area contributed by atoms with E-state index in [2.05, 4.69) is 0 Å². The highest BCUT2D eigenvalue weighted by Crippen LogP contribution is 2.22. The third-order valence-corrected chi connectivity index (χ3v) is 3.17. The van der Waals surface area contributed by atoms with E-state index in [-0.39, 0.29) is 17.1 Å². The Labute approximate surface area is 116 Å². The molecule has 0 aliphatic carbocycles. The van der Waals surface area contributed by atoms with E-state index >= 15 is 0 Å². The first-order valence-corrected chi connectivity index (χ1v) is 6.16. The van der Waals surface area contributed by atoms with Gasteiger partial charge in [-0.1, -0.05) is 30.3 Å². The summed E-state index contributed by atoms with van der Waals surface area (Å²) in [5.74, 6) is -2.05. The molecule has 20 heavy (non-hydrogen) atoms. The number of ketones is 1. The Morgan fingerprint density at radius 2 is 1.75 bits per heavy atom. The van der Waals surface area contributed by atoms with E-state index in [1.165, 1.54) is 12.1 Å². The molecule has 0 heterocycles. The molecule has 4 nitrogen and oxygen atoms in total. The molecule has 0 fully saturated rings. The molecule has 0 aliphatic heterocycles. The van der Waals surface area contributed by atoms with Crippen LogP contribution in [0.2, 0.25) is 0 Å². The molecule has 0 aliphatic rings. The summed E-state index contributed by atoms with van der Waals surface area (Å²) in [5, 5.41) is 18.7. The van der Waals surface area contributed by atoms with E-state index in [0.717, 1.165) is 0 Å². The van der Waals surface area contributed by atoms with Gasteiger partial charge in [-0.2, -0.15) is 0 Å². The van der Waals surface area contributed by atoms with E-state index in [1.54, 1.807) is 43.3 Å². The summed E-state index contributed by atoms with van der Waals surface area (Å²) in [6, 6.07) is 12.7. The Morgan fingerprint density at radius 1 is 1.05 bits per heavy atom. The number of para-hydroxylation sites is 1. The van der Waals surface area contributed by atoms with Gasteiger partial charge in [0.2, 0.25) is 0 Å². The van der Waals surface area contributed by atoms with Gasteiger partial charge in [0.1, 0.15) is 5.75 Å². The van der Waals surface area contributed by atoms with Crippen LogP contribution in [0.5, 0.6) is 5.75 Å². The summed E-state index contributed by atoms with van der Waals surface area (Å²) in [6.07, 6.45) is 0. The fourth-order valence-corrected chi connectivity index (χ4v) is 1.91. The number of carboxylic acid groups (broad SMARTS) is 1. The highest BCUT2D eigenvalue weighted by molar-refractivity contribution is 6.10. The molecule has 1 unspecified atom stereocenters. The van der Waals surface area contributed by atoms with E-state index in [1.807, 2.05) is 0 Å². The van der Waals surface area contributed by atoms with Crippen LogP contribution in [0.3, 0.4) is 0 Å². The second-order valence-electron chi connectivity index (χ2n) is 4.53. The standard InChI is InChI=1S/C16H14O4/c1-10(16(19)20)11-5-4-6-12(9-11)15(18)13-7-2-3-8-14(13)17/h2-10,17H,1H3,(H,19,20). The van der Waals surface area contributed by atoms with Gasteiger partial charge in [0.25, 0.3) is 0 Å². The van der Waals surface area contributed by atoms with Gasteiger partial charge < -0.3 is 10.2 Å². The van der Waals surface area contributed by atoms with Gasteiger partial charge in [0, 0.05) is 5.56 Å². The van der Waals surface area contributed by atoms with Crippen LogP contribution in [0.4, 0.5) is 0 Å². The smallest absolute Gasteiger partial charge is 0.310 e. The Hall–Kier alpha value is -2.62. The second-order valence-corrected chi connectivity index (χ2v) is 4.53. The van der Waals surface area contributed by atoms with Crippen molar-refractivity contribution < 1.29 is 19.8 Å². The zero-order chi connectivity index (χ0) is 14.7. The predicted molar refractivity (Wildman–Crippen MR) is 74.0 cm³/mol. The Kier molecular flexibility index (Phi) is 3.84. The third kappa shape index (κ3) is 2.69. The first-order chi connectivity index (χ1) is 9.50. The molecule has 2 aromatic rings. The average Bonchev–Trinajstić information content (AvgIpc) is 2.46. The third-order valence-electron chi connectivity index (χ3n) is 3.17. The van der Waals surface area contributed by atoms with Gasteiger partial charge >= 0.3 is 5.97 Å². The van der Waals surface area contributed by atoms with Gasteiger partial charge in [-0.15, -0.1) is 0 Å². The Balaban J connectivity index is 2.39. The van der Waals surface area contributed by atoms with Crippen LogP contribution in [-0.2, 0) is 4.79 Å². The lowest BCUT2D eigenvalue weighted by molar-refractivity contribution is -0.138. The monoisotopic (exact) mass is 270 g/mol. The highest BCUT2D eigenvalue weighted by Gasteiger charge is 2.17. The molecule has 0 saturated carbocycles. The van der Waals surface area contributed by atoms with Crippen LogP contribution in [0, 0.1) is 0 Å². The molecule has 0 amide bonds. The first kappa shape index (κ1) is 13.8. The first-order valence-electron chi connectivity index (χ1n) is 6.16. The quantitative estimate of drug-likeness (QED) is 0.838. The number of aromatic hydroxyl groups is 1. The van der Waals surface area contributed by atoms with Crippen molar-refractivity contribution in [1.82, 2.24) is 0 Å². The zero-order valence-electron chi connectivity index (χ0n) is 10.9. The summed E-state index contributed by atoms with van der Waals surface area (Å²) < 4.78 is 0. The molecule has 0 bridgehead atoms. The van der Waals surface area contributed by atoms with Crippen molar-refractivity contribution in [2.75, 3.05) is 0 Å². The van der Waals surface area contributed by atoms with Crippen molar-refractivity contribution >= 4 is 11.8 Å². The Morgan fingerprint density at radius 3 is 2.40 bits per heavy atom. The lowest BCUT2D eigenvalue weighted by Gasteiger charge is -2.09. The van der Waals surface area contributed by atoms with Gasteiger partial charge in [-0.3, -0.25) is 9.59 Å². The number of hydrogen-bond acceptors (Lipinski definition) is 3. The van der Waals surface area contributed by atoms with Crippen LogP contribution in [-0.4, -0.2) is 22.0 Å². The van der Waals surface area contributed by atoms with Gasteiger partial charge in [0.15, 0.2) is 5.78 Å². The molecule has 2 rings (SSSR count). The van der Waals surface area contributed by atoms with Crippen LogP contribution in [0.25, 0.3) is 0 Å². The molecule has 4 heteroatoms. The van der Waals surface area contributed by atoms with Crippen LogP contribution in [0.1, 0.15) is 34.3 Å². The van der Waals surface area contributed by atoms with Gasteiger partial charge in [-0.05, 0) is 30.7 Å². The maximum absolute atomic E-state index is 12.3. The van der Waals surface area contributed by atoms with E-state index < -0.39 is 11.9 Å². The maximum atomic E-state index is 12.3. The molecule has 1 atom stereocenters. The SMILES string of the molecule is CC(C(=O)O)c1cccc(C(=O)c2ccccc2O)c1. The minimum atomic E-state index is -0.947. The van der Waals surface area contributed by atoms with Crippen molar-refractivity contribution in [2.24, 2.45) is 0 Å². The molecule has 0 radical (unpaired) electrons. The lowest BCUT2D eigenvalue weighted by Crippen LogP contribution is -2.09. The van der Waals surface area contributed by atoms with E-state index in [0.29, 0.717) is 11.1 Å². The second kappa shape index (κ2) is 5.57. The summed E-state index contributed by atoms with van der Waals surface area (Å²) in [5.41, 5.74) is 1.11. The number of carboxylic acids is 1. The van der Waals surface area contributed by atoms with Crippen molar-refractivity contribution in [2.45, 2.75) is 12.8 Å². The van der Waals surface area contributed by atoms with Gasteiger partial charge in [0.05, 0.1) is 11.5 Å². The molecular weight excluding hydrogens is 256 g/mol. The molecule has 0 aromatic heterocycles. The normalized spacial score (nSPS) is 11.8. The zero-order valence-corrected chi connectivity index (χ0v) is 10.9. The van der Waals surface area contributed by atoms with Crippen LogP contribution in [0.15, 0.2) is 48.5 Å². The van der Waals surface area contributed by atoms with Crippen molar-refractivity contribution in [3.63, 3.8) is 0 Å². The van der Waals surface area contributed by atoms with Crippen molar-refractivity contribution in [3.8, 4) is 5.75 Å². The maximum Gasteiger partial charge on any atom is 0.310 e. The largest absolute Gasteiger partial charge is 0.507 e. The number of hydrogen-bond donors (Lipinski definition) is 2. The van der Waals surface area contributed by atoms with Crippen LogP contribution >= 0.6 is 0 Å². The topological polar surface area (TPSA) is 74.6 Å². The number of benzene rings is 2. The van der Waals surface area contributed by atoms with Crippen molar-refractivity contribution in [1.29, 1.82) is 0 Å². The Bertz CT molecular complexity index is 661. The number of rotatable bonds is 4. The van der Waals surface area contributed by atoms with Gasteiger partial charge in [-0.25, -0.2) is 0 Å². The minimum absolute atomic E-state index is 0.0887. The molecule has 102 valence electrons. The molecular formula is C16H14O4. The van der Waals surface area contributed by atoms with Crippen molar-refractivity contribution in [3.05, 3.63) is 65.2 Å². The minimum Gasteiger partial charge on any atom is -0.507 e. The van der Waals surface area contributed by atoms with Crippen LogP contribution < -0.4 is 0 Å². The number of phenolic OH excluding ortho intramolecular Hbond substituents is 1. The highest BCUT2D eigenvalue weighted by atomic mass is 16.4. The fraction of sp³-hybridized carbons (Fsp3) is 0.125. The number of phenols is 1. The van der Waals surface area contributed by atoms with E-state index in [4.69, 9.17) is 5.11 Å². The average molecular weight is 270 g/mol. The summed E-state index contributed by atoms with van der Waals surface area (Å²) in [7, 11) is 0. The van der Waals surface area contributed by atoms with E-state index in [9.17, 15) is 14.7 Å². The molecule has 0 spiro atoms. The summed E-state index contributed by atoms with van der Waals surface area (Å²) in [6.45, 7) is 1.56. The molecule has 2 N–H and O–H groups in total. The summed E-state index contributed by atoms with van der Waals surface area (Å²) in [4.78, 5) is 23.3. The molecule has 2 aromatic carbocycles. The number of carbonyl (C=O) groups is 2. The fourth-order valence-electron chi connectivity index (χ4n) is 1.91. The summed E-state index contributed by atoms with van der Waals surface area (Å²) >= 11 is 0. The number of aliphatic carboxylic acids is 1. The number of carbonyl (C=O) groups excluding carboxylic acids is 1.